The van der Waals surface area contributed by atoms with Crippen LogP contribution in [0, 0.1) is 5.92 Å². The molecule has 1 saturated carbocycles. The molecule has 76 valence electrons. The van der Waals surface area contributed by atoms with E-state index >= 15 is 0 Å². The Morgan fingerprint density at radius 2 is 2.36 bits per heavy atom. The Labute approximate surface area is 89.7 Å². The third-order valence-electron chi connectivity index (χ3n) is 2.94. The van der Waals surface area contributed by atoms with Crippen LogP contribution in [0.5, 0.6) is 0 Å². The largest absolute Gasteiger partial charge is 0.308 e. The van der Waals surface area contributed by atoms with E-state index in [1.807, 2.05) is 12.1 Å². The van der Waals surface area contributed by atoms with Crippen LogP contribution in [0.2, 0.25) is 5.15 Å². The highest BCUT2D eigenvalue weighted by atomic mass is 35.5. The predicted molar refractivity (Wildman–Crippen MR) is 58.3 cm³/mol. The van der Waals surface area contributed by atoms with E-state index in [4.69, 9.17) is 11.6 Å². The van der Waals surface area contributed by atoms with Gasteiger partial charge in [-0.25, -0.2) is 4.98 Å². The second-order valence-electron chi connectivity index (χ2n) is 3.99. The fourth-order valence-corrected chi connectivity index (χ4v) is 1.94. The molecule has 1 heterocycles. The fraction of sp³-hybridized carbons (Fsp3) is 0.545. The summed E-state index contributed by atoms with van der Waals surface area (Å²) >= 11 is 5.80. The van der Waals surface area contributed by atoms with Gasteiger partial charge in [-0.2, -0.15) is 0 Å². The summed E-state index contributed by atoms with van der Waals surface area (Å²) in [7, 11) is 0. The Morgan fingerprint density at radius 1 is 1.50 bits per heavy atom. The summed E-state index contributed by atoms with van der Waals surface area (Å²) in [4.78, 5) is 4.23. The number of nitrogens with zero attached hydrogens (tertiary/aromatic N) is 1. The smallest absolute Gasteiger partial charge is 0.129 e. The number of aromatic nitrogens is 1. The van der Waals surface area contributed by atoms with E-state index in [1.165, 1.54) is 12.8 Å². The van der Waals surface area contributed by atoms with Gasteiger partial charge < -0.3 is 5.32 Å². The van der Waals surface area contributed by atoms with Crippen molar-refractivity contribution in [2.24, 2.45) is 5.92 Å². The molecule has 1 aliphatic carbocycles. The summed E-state index contributed by atoms with van der Waals surface area (Å²) < 4.78 is 0. The summed E-state index contributed by atoms with van der Waals surface area (Å²) in [6.07, 6.45) is 2.64. The minimum Gasteiger partial charge on any atom is -0.308 e. The molecule has 2 rings (SSSR count). The van der Waals surface area contributed by atoms with Crippen molar-refractivity contribution >= 4 is 11.6 Å². The van der Waals surface area contributed by atoms with Crippen molar-refractivity contribution in [1.29, 1.82) is 0 Å². The van der Waals surface area contributed by atoms with E-state index in [0.717, 1.165) is 18.2 Å². The number of nitrogens with one attached hydrogen (secondary N) is 1. The standard InChI is InChI=1S/C11H15ClN2/c1-8-5-6-10(8)13-7-9-3-2-4-11(12)14-9/h2-4,8,10,13H,5-7H2,1H3. The van der Waals surface area contributed by atoms with Gasteiger partial charge in [0.05, 0.1) is 5.69 Å². The van der Waals surface area contributed by atoms with Crippen LogP contribution < -0.4 is 5.32 Å². The minimum atomic E-state index is 0.575. The molecule has 2 unspecified atom stereocenters. The average molecular weight is 211 g/mol. The number of hydrogen-bond donors (Lipinski definition) is 1. The van der Waals surface area contributed by atoms with Gasteiger partial charge in [-0.1, -0.05) is 24.6 Å². The average Bonchev–Trinajstić information content (AvgIpc) is 2.16. The molecule has 3 heteroatoms. The highest BCUT2D eigenvalue weighted by Crippen LogP contribution is 2.26. The maximum Gasteiger partial charge on any atom is 0.129 e. The highest BCUT2D eigenvalue weighted by molar-refractivity contribution is 6.29. The summed E-state index contributed by atoms with van der Waals surface area (Å²) in [6.45, 7) is 3.11. The van der Waals surface area contributed by atoms with Crippen LogP contribution in [-0.4, -0.2) is 11.0 Å². The van der Waals surface area contributed by atoms with Crippen molar-refractivity contribution in [3.8, 4) is 0 Å². The molecule has 1 aromatic heterocycles. The third-order valence-corrected chi connectivity index (χ3v) is 3.15. The first-order valence-electron chi connectivity index (χ1n) is 5.10. The molecule has 1 fully saturated rings. The Hall–Kier alpha value is -0.600. The molecule has 14 heavy (non-hydrogen) atoms. The van der Waals surface area contributed by atoms with Gasteiger partial charge in [0.25, 0.3) is 0 Å². The molecule has 0 bridgehead atoms. The lowest BCUT2D eigenvalue weighted by Gasteiger charge is -2.34. The van der Waals surface area contributed by atoms with Crippen LogP contribution in [0.25, 0.3) is 0 Å². The Balaban J connectivity index is 1.85. The first kappa shape index (κ1) is 9.94. The molecular weight excluding hydrogens is 196 g/mol. The maximum absolute atomic E-state index is 5.80. The second kappa shape index (κ2) is 4.28. The van der Waals surface area contributed by atoms with Crippen molar-refractivity contribution in [3.05, 3.63) is 29.0 Å². The molecule has 1 N–H and O–H groups in total. The SMILES string of the molecule is CC1CCC1NCc1cccc(Cl)n1. The van der Waals surface area contributed by atoms with Crippen LogP contribution in [0.3, 0.4) is 0 Å². The Morgan fingerprint density at radius 3 is 2.93 bits per heavy atom. The molecule has 2 nitrogen and oxygen atoms in total. The van der Waals surface area contributed by atoms with Gasteiger partial charge in [0.1, 0.15) is 5.15 Å². The van der Waals surface area contributed by atoms with E-state index < -0.39 is 0 Å². The summed E-state index contributed by atoms with van der Waals surface area (Å²) in [5.74, 6) is 0.814. The molecule has 2 atom stereocenters. The lowest BCUT2D eigenvalue weighted by molar-refractivity contribution is 0.227. The zero-order valence-electron chi connectivity index (χ0n) is 8.33. The summed E-state index contributed by atoms with van der Waals surface area (Å²) in [6, 6.07) is 6.42. The fourth-order valence-electron chi connectivity index (χ4n) is 1.75. The lowest BCUT2D eigenvalue weighted by atomic mass is 9.81. The van der Waals surface area contributed by atoms with Crippen molar-refractivity contribution in [2.75, 3.05) is 0 Å². The molecule has 0 amide bonds. The van der Waals surface area contributed by atoms with Crippen molar-refractivity contribution in [3.63, 3.8) is 0 Å². The van der Waals surface area contributed by atoms with Crippen molar-refractivity contribution < 1.29 is 0 Å². The van der Waals surface area contributed by atoms with Crippen molar-refractivity contribution in [1.82, 2.24) is 10.3 Å². The van der Waals surface area contributed by atoms with Crippen molar-refractivity contribution in [2.45, 2.75) is 32.4 Å². The van der Waals surface area contributed by atoms with Crippen LogP contribution in [0.1, 0.15) is 25.5 Å². The van der Waals surface area contributed by atoms with E-state index in [-0.39, 0.29) is 0 Å². The first-order valence-corrected chi connectivity index (χ1v) is 5.48. The van der Waals surface area contributed by atoms with E-state index in [0.29, 0.717) is 11.2 Å². The molecule has 1 aromatic rings. The zero-order chi connectivity index (χ0) is 9.97. The quantitative estimate of drug-likeness (QED) is 0.776. The number of hydrogen-bond acceptors (Lipinski definition) is 2. The molecule has 0 spiro atoms. The number of rotatable bonds is 3. The van der Waals surface area contributed by atoms with Gasteiger partial charge in [0, 0.05) is 12.6 Å². The van der Waals surface area contributed by atoms with E-state index in [2.05, 4.69) is 17.2 Å². The normalized spacial score (nSPS) is 25.9. The second-order valence-corrected chi connectivity index (χ2v) is 4.38. The van der Waals surface area contributed by atoms with Gasteiger partial charge in [0.15, 0.2) is 0 Å². The van der Waals surface area contributed by atoms with Gasteiger partial charge in [-0.05, 0) is 30.9 Å². The summed E-state index contributed by atoms with van der Waals surface area (Å²) in [5.41, 5.74) is 1.02. The Kier molecular flexibility index (Phi) is 3.04. The van der Waals surface area contributed by atoms with Gasteiger partial charge in [0.2, 0.25) is 0 Å². The maximum atomic E-state index is 5.80. The number of pyridine rings is 1. The lowest BCUT2D eigenvalue weighted by Crippen LogP contribution is -2.42. The van der Waals surface area contributed by atoms with Gasteiger partial charge in [-0.15, -0.1) is 0 Å². The molecule has 0 saturated heterocycles. The monoisotopic (exact) mass is 210 g/mol. The zero-order valence-corrected chi connectivity index (χ0v) is 9.09. The van der Waals surface area contributed by atoms with E-state index in [9.17, 15) is 0 Å². The predicted octanol–water partition coefficient (Wildman–Crippen LogP) is 2.62. The van der Waals surface area contributed by atoms with Crippen LogP contribution in [0.4, 0.5) is 0 Å². The molecule has 0 aliphatic heterocycles. The van der Waals surface area contributed by atoms with Gasteiger partial charge >= 0.3 is 0 Å². The summed E-state index contributed by atoms with van der Waals surface area (Å²) in [5, 5.41) is 4.07. The molecular formula is C11H15ClN2. The van der Waals surface area contributed by atoms with E-state index in [1.54, 1.807) is 6.07 Å². The van der Waals surface area contributed by atoms with Crippen LogP contribution in [0.15, 0.2) is 18.2 Å². The van der Waals surface area contributed by atoms with Crippen LogP contribution in [-0.2, 0) is 6.54 Å². The molecule has 1 aliphatic rings. The first-order chi connectivity index (χ1) is 6.75. The highest BCUT2D eigenvalue weighted by Gasteiger charge is 2.25. The van der Waals surface area contributed by atoms with Crippen LogP contribution >= 0.6 is 11.6 Å². The number of halogens is 1. The Bertz CT molecular complexity index is 314. The molecule has 0 radical (unpaired) electrons. The third kappa shape index (κ3) is 2.25. The van der Waals surface area contributed by atoms with Gasteiger partial charge in [-0.3, -0.25) is 0 Å². The minimum absolute atomic E-state index is 0.575. The molecule has 0 aromatic carbocycles. The topological polar surface area (TPSA) is 24.9 Å².